The third-order valence-corrected chi connectivity index (χ3v) is 2.65. The number of methoxy groups -OCH3 is 1. The van der Waals surface area contributed by atoms with Crippen LogP contribution >= 0.6 is 0 Å². The standard InChI is InChI=1S/C13H18FNO2/c1-15(10-8-13(16)17-2)9-7-11-5-3-4-6-12(11)14/h3-6H,7-10H2,1-2H3. The van der Waals surface area contributed by atoms with Gasteiger partial charge in [0.25, 0.3) is 0 Å². The van der Waals surface area contributed by atoms with Crippen molar-refractivity contribution in [1.82, 2.24) is 4.90 Å². The van der Waals surface area contributed by atoms with Gasteiger partial charge in [-0.15, -0.1) is 0 Å². The molecule has 0 aromatic heterocycles. The van der Waals surface area contributed by atoms with Gasteiger partial charge in [-0.1, -0.05) is 18.2 Å². The second-order valence-corrected chi connectivity index (χ2v) is 3.97. The number of hydrogen-bond donors (Lipinski definition) is 0. The van der Waals surface area contributed by atoms with E-state index in [0.717, 1.165) is 6.54 Å². The molecule has 0 radical (unpaired) electrons. The monoisotopic (exact) mass is 239 g/mol. The van der Waals surface area contributed by atoms with Crippen LogP contribution in [0.15, 0.2) is 24.3 Å². The average molecular weight is 239 g/mol. The molecular formula is C13H18FNO2. The maximum atomic E-state index is 13.3. The van der Waals surface area contributed by atoms with Crippen molar-refractivity contribution in [2.45, 2.75) is 12.8 Å². The lowest BCUT2D eigenvalue weighted by molar-refractivity contribution is -0.140. The van der Waals surface area contributed by atoms with Crippen LogP contribution in [0.1, 0.15) is 12.0 Å². The molecule has 3 nitrogen and oxygen atoms in total. The Morgan fingerprint density at radius 1 is 1.35 bits per heavy atom. The molecule has 0 aliphatic heterocycles. The Morgan fingerprint density at radius 2 is 2.06 bits per heavy atom. The fourth-order valence-electron chi connectivity index (χ4n) is 1.51. The van der Waals surface area contributed by atoms with Crippen molar-refractivity contribution >= 4 is 5.97 Å². The summed E-state index contributed by atoms with van der Waals surface area (Å²) in [6, 6.07) is 6.75. The minimum absolute atomic E-state index is 0.172. The fourth-order valence-corrected chi connectivity index (χ4v) is 1.51. The van der Waals surface area contributed by atoms with Gasteiger partial charge in [-0.2, -0.15) is 0 Å². The highest BCUT2D eigenvalue weighted by molar-refractivity contribution is 5.69. The molecule has 0 N–H and O–H groups in total. The van der Waals surface area contributed by atoms with Crippen LogP contribution in [-0.4, -0.2) is 38.1 Å². The van der Waals surface area contributed by atoms with E-state index < -0.39 is 0 Å². The Bertz CT molecular complexity index is 368. The molecule has 0 amide bonds. The summed E-state index contributed by atoms with van der Waals surface area (Å²) in [5.41, 5.74) is 0.706. The van der Waals surface area contributed by atoms with E-state index in [4.69, 9.17) is 0 Å². The van der Waals surface area contributed by atoms with Crippen LogP contribution in [0.25, 0.3) is 0 Å². The molecule has 0 unspecified atom stereocenters. The van der Waals surface area contributed by atoms with Gasteiger partial charge < -0.3 is 9.64 Å². The summed E-state index contributed by atoms with van der Waals surface area (Å²) in [5, 5.41) is 0. The van der Waals surface area contributed by atoms with Gasteiger partial charge in [0.15, 0.2) is 0 Å². The van der Waals surface area contributed by atoms with Crippen LogP contribution in [0.5, 0.6) is 0 Å². The van der Waals surface area contributed by atoms with Gasteiger partial charge in [-0.05, 0) is 25.1 Å². The van der Waals surface area contributed by atoms with Crippen molar-refractivity contribution < 1.29 is 13.9 Å². The van der Waals surface area contributed by atoms with Crippen molar-refractivity contribution in [2.75, 3.05) is 27.2 Å². The number of hydrogen-bond acceptors (Lipinski definition) is 3. The molecule has 0 atom stereocenters. The van der Waals surface area contributed by atoms with E-state index in [1.165, 1.54) is 13.2 Å². The molecule has 4 heteroatoms. The second kappa shape index (κ2) is 7.01. The number of benzene rings is 1. The number of nitrogens with zero attached hydrogens (tertiary/aromatic N) is 1. The minimum Gasteiger partial charge on any atom is -0.469 e. The van der Waals surface area contributed by atoms with Crippen LogP contribution in [0.3, 0.4) is 0 Å². The molecule has 17 heavy (non-hydrogen) atoms. The Labute approximate surface area is 101 Å². The van der Waals surface area contributed by atoms with Crippen LogP contribution in [0.4, 0.5) is 4.39 Å². The minimum atomic E-state index is -0.220. The molecule has 1 aromatic carbocycles. The zero-order valence-corrected chi connectivity index (χ0v) is 10.3. The quantitative estimate of drug-likeness (QED) is 0.710. The van der Waals surface area contributed by atoms with E-state index >= 15 is 0 Å². The van der Waals surface area contributed by atoms with Crippen molar-refractivity contribution in [3.63, 3.8) is 0 Å². The Morgan fingerprint density at radius 3 is 2.71 bits per heavy atom. The summed E-state index contributed by atoms with van der Waals surface area (Å²) in [6.45, 7) is 1.35. The van der Waals surface area contributed by atoms with E-state index in [9.17, 15) is 9.18 Å². The predicted octanol–water partition coefficient (Wildman–Crippen LogP) is 1.86. The molecular weight excluding hydrogens is 221 g/mol. The maximum absolute atomic E-state index is 13.3. The molecule has 0 aliphatic carbocycles. The van der Waals surface area contributed by atoms with E-state index in [-0.39, 0.29) is 11.8 Å². The van der Waals surface area contributed by atoms with E-state index in [1.807, 2.05) is 18.0 Å². The molecule has 0 aliphatic rings. The van der Waals surface area contributed by atoms with Gasteiger partial charge in [-0.3, -0.25) is 4.79 Å². The third-order valence-electron chi connectivity index (χ3n) is 2.65. The normalized spacial score (nSPS) is 10.6. The largest absolute Gasteiger partial charge is 0.469 e. The summed E-state index contributed by atoms with van der Waals surface area (Å²) in [5.74, 6) is -0.392. The number of carbonyl (C=O) groups is 1. The number of ether oxygens (including phenoxy) is 1. The van der Waals surface area contributed by atoms with Crippen molar-refractivity contribution in [3.8, 4) is 0 Å². The maximum Gasteiger partial charge on any atom is 0.306 e. The summed E-state index contributed by atoms with van der Waals surface area (Å²) in [7, 11) is 3.28. The SMILES string of the molecule is COC(=O)CCN(C)CCc1ccccc1F. The summed E-state index contributed by atoms with van der Waals surface area (Å²) >= 11 is 0. The molecule has 0 saturated heterocycles. The first-order chi connectivity index (χ1) is 8.13. The lowest BCUT2D eigenvalue weighted by Gasteiger charge is -2.15. The van der Waals surface area contributed by atoms with Gasteiger partial charge in [0, 0.05) is 13.1 Å². The molecule has 0 bridgehead atoms. The first kappa shape index (κ1) is 13.6. The topological polar surface area (TPSA) is 29.5 Å². The van der Waals surface area contributed by atoms with Crippen molar-refractivity contribution in [1.29, 1.82) is 0 Å². The number of carbonyl (C=O) groups excluding carboxylic acids is 1. The number of likely N-dealkylation sites (N-methyl/N-ethyl adjacent to an activating group) is 1. The Kier molecular flexibility index (Phi) is 5.63. The highest BCUT2D eigenvalue weighted by Crippen LogP contribution is 2.07. The van der Waals surface area contributed by atoms with Gasteiger partial charge >= 0.3 is 5.97 Å². The average Bonchev–Trinajstić information content (AvgIpc) is 2.35. The number of esters is 1. The molecule has 1 rings (SSSR count). The van der Waals surface area contributed by atoms with Gasteiger partial charge in [0.05, 0.1) is 13.5 Å². The first-order valence-corrected chi connectivity index (χ1v) is 5.62. The zero-order valence-electron chi connectivity index (χ0n) is 10.3. The summed E-state index contributed by atoms with van der Waals surface area (Å²) in [4.78, 5) is 12.9. The van der Waals surface area contributed by atoms with Gasteiger partial charge in [-0.25, -0.2) is 4.39 Å². The van der Waals surface area contributed by atoms with Crippen LogP contribution in [0, 0.1) is 5.82 Å². The first-order valence-electron chi connectivity index (χ1n) is 5.62. The molecule has 1 aromatic rings. The number of halogens is 1. The zero-order chi connectivity index (χ0) is 12.7. The molecule has 0 saturated carbocycles. The highest BCUT2D eigenvalue weighted by Gasteiger charge is 2.06. The smallest absolute Gasteiger partial charge is 0.306 e. The fraction of sp³-hybridized carbons (Fsp3) is 0.462. The lowest BCUT2D eigenvalue weighted by atomic mass is 10.1. The van der Waals surface area contributed by atoms with Crippen molar-refractivity contribution in [3.05, 3.63) is 35.6 Å². The second-order valence-electron chi connectivity index (χ2n) is 3.97. The van der Waals surface area contributed by atoms with E-state index in [1.54, 1.807) is 12.1 Å². The number of rotatable bonds is 6. The third kappa shape index (κ3) is 4.95. The molecule has 94 valence electrons. The Balaban J connectivity index is 2.31. The lowest BCUT2D eigenvalue weighted by Crippen LogP contribution is -2.24. The van der Waals surface area contributed by atoms with Crippen LogP contribution < -0.4 is 0 Å². The van der Waals surface area contributed by atoms with Crippen LogP contribution in [0.2, 0.25) is 0 Å². The molecule has 0 spiro atoms. The molecule has 0 fully saturated rings. The summed E-state index contributed by atoms with van der Waals surface area (Å²) < 4.78 is 17.9. The predicted molar refractivity (Wildman–Crippen MR) is 64.2 cm³/mol. The highest BCUT2D eigenvalue weighted by atomic mass is 19.1. The van der Waals surface area contributed by atoms with Gasteiger partial charge in [0.1, 0.15) is 5.82 Å². The van der Waals surface area contributed by atoms with E-state index in [0.29, 0.717) is 24.9 Å². The Hall–Kier alpha value is -1.42. The van der Waals surface area contributed by atoms with Gasteiger partial charge in [0.2, 0.25) is 0 Å². The summed E-state index contributed by atoms with van der Waals surface area (Å²) in [6.07, 6.45) is 1.01. The van der Waals surface area contributed by atoms with E-state index in [2.05, 4.69) is 4.74 Å². The van der Waals surface area contributed by atoms with Crippen LogP contribution in [-0.2, 0) is 16.0 Å². The molecule has 0 heterocycles. The van der Waals surface area contributed by atoms with Crippen molar-refractivity contribution in [2.24, 2.45) is 0 Å².